The molecule has 0 spiro atoms. The van der Waals surface area contributed by atoms with Crippen molar-refractivity contribution in [3.63, 3.8) is 0 Å². The van der Waals surface area contributed by atoms with Gasteiger partial charge < -0.3 is 19.3 Å². The number of carbonyl (C=O) groups is 2. The van der Waals surface area contributed by atoms with Crippen molar-refractivity contribution in [2.24, 2.45) is 11.8 Å². The smallest absolute Gasteiger partial charge is 0.231 e. The maximum Gasteiger partial charge on any atom is 0.231 e. The summed E-state index contributed by atoms with van der Waals surface area (Å²) < 4.78 is 10.8. The lowest BCUT2D eigenvalue weighted by Gasteiger charge is -2.35. The van der Waals surface area contributed by atoms with Gasteiger partial charge in [-0.1, -0.05) is 18.9 Å². The lowest BCUT2D eigenvalue weighted by Crippen LogP contribution is -2.51. The van der Waals surface area contributed by atoms with Gasteiger partial charge in [-0.2, -0.15) is 0 Å². The standard InChI is InChI=1S/C22H28N2O4/c25-21(11-15-3-1-2-4-15)23-7-9-24(10-8-23)22(26)18-13-17(18)16-5-6-19-20(12-16)28-14-27-19/h5-6,12,15,17-18H,1-4,7-11,13-14H2. The summed E-state index contributed by atoms with van der Waals surface area (Å²) in [6.07, 6.45) is 6.54. The highest BCUT2D eigenvalue weighted by Gasteiger charge is 2.46. The molecule has 6 heteroatoms. The van der Waals surface area contributed by atoms with Crippen LogP contribution in [0.3, 0.4) is 0 Å². The first kappa shape index (κ1) is 17.8. The van der Waals surface area contributed by atoms with Crippen LogP contribution in [0, 0.1) is 11.8 Å². The predicted molar refractivity (Wildman–Crippen MR) is 103 cm³/mol. The molecule has 0 bridgehead atoms. The minimum absolute atomic E-state index is 0.0705. The average molecular weight is 384 g/mol. The van der Waals surface area contributed by atoms with Gasteiger partial charge in [-0.15, -0.1) is 0 Å². The van der Waals surface area contributed by atoms with Gasteiger partial charge in [0.1, 0.15) is 0 Å². The van der Waals surface area contributed by atoms with E-state index >= 15 is 0 Å². The van der Waals surface area contributed by atoms with E-state index in [0.29, 0.717) is 38.5 Å². The third-order valence-corrected chi connectivity index (χ3v) is 6.81. The van der Waals surface area contributed by atoms with Crippen LogP contribution in [-0.2, 0) is 9.59 Å². The van der Waals surface area contributed by atoms with Crippen LogP contribution >= 0.6 is 0 Å². The molecule has 28 heavy (non-hydrogen) atoms. The zero-order chi connectivity index (χ0) is 19.1. The second kappa shape index (κ2) is 7.30. The number of fused-ring (bicyclic) bond motifs is 1. The second-order valence-corrected chi connectivity index (χ2v) is 8.62. The van der Waals surface area contributed by atoms with Crippen molar-refractivity contribution in [1.82, 2.24) is 9.80 Å². The van der Waals surface area contributed by atoms with E-state index in [1.807, 2.05) is 28.0 Å². The minimum Gasteiger partial charge on any atom is -0.454 e. The highest BCUT2D eigenvalue weighted by molar-refractivity contribution is 5.83. The number of hydrogen-bond acceptors (Lipinski definition) is 4. The summed E-state index contributed by atoms with van der Waals surface area (Å²) >= 11 is 0. The Morgan fingerprint density at radius 1 is 0.964 bits per heavy atom. The third kappa shape index (κ3) is 3.45. The van der Waals surface area contributed by atoms with Crippen molar-refractivity contribution in [3.8, 4) is 11.5 Å². The molecular formula is C22H28N2O4. The van der Waals surface area contributed by atoms with Crippen molar-refractivity contribution >= 4 is 11.8 Å². The minimum atomic E-state index is 0.0705. The van der Waals surface area contributed by atoms with E-state index in [2.05, 4.69) is 0 Å². The molecule has 0 aromatic heterocycles. The van der Waals surface area contributed by atoms with Crippen LogP contribution in [0.15, 0.2) is 18.2 Å². The maximum absolute atomic E-state index is 12.9. The zero-order valence-electron chi connectivity index (χ0n) is 16.3. The van der Waals surface area contributed by atoms with E-state index < -0.39 is 0 Å². The van der Waals surface area contributed by atoms with E-state index in [1.165, 1.54) is 25.7 Å². The molecule has 2 unspecified atom stereocenters. The van der Waals surface area contributed by atoms with Crippen molar-refractivity contribution in [2.75, 3.05) is 33.0 Å². The molecule has 2 aliphatic heterocycles. The van der Waals surface area contributed by atoms with Crippen molar-refractivity contribution < 1.29 is 19.1 Å². The molecule has 4 aliphatic rings. The molecule has 2 aliphatic carbocycles. The number of benzene rings is 1. The van der Waals surface area contributed by atoms with Gasteiger partial charge >= 0.3 is 0 Å². The normalized spacial score (nSPS) is 26.6. The van der Waals surface area contributed by atoms with Crippen LogP contribution in [0.1, 0.15) is 50.0 Å². The summed E-state index contributed by atoms with van der Waals surface area (Å²) in [5.41, 5.74) is 1.16. The molecular weight excluding hydrogens is 356 g/mol. The summed E-state index contributed by atoms with van der Waals surface area (Å²) in [6, 6.07) is 6.00. The number of ether oxygens (including phenoxy) is 2. The van der Waals surface area contributed by atoms with Gasteiger partial charge in [0.2, 0.25) is 18.6 Å². The predicted octanol–water partition coefficient (Wildman–Crippen LogP) is 2.77. The lowest BCUT2D eigenvalue weighted by molar-refractivity contribution is -0.140. The Kier molecular flexibility index (Phi) is 4.65. The monoisotopic (exact) mass is 384 g/mol. The maximum atomic E-state index is 12.9. The van der Waals surface area contributed by atoms with Crippen molar-refractivity contribution in [2.45, 2.75) is 44.4 Å². The van der Waals surface area contributed by atoms with Gasteiger partial charge in [-0.3, -0.25) is 9.59 Å². The summed E-state index contributed by atoms with van der Waals surface area (Å²) in [7, 11) is 0. The molecule has 150 valence electrons. The largest absolute Gasteiger partial charge is 0.454 e. The fourth-order valence-corrected chi connectivity index (χ4v) is 4.98. The highest BCUT2D eigenvalue weighted by Crippen LogP contribution is 2.50. The highest BCUT2D eigenvalue weighted by atomic mass is 16.7. The fourth-order valence-electron chi connectivity index (χ4n) is 4.98. The number of nitrogens with zero attached hydrogens (tertiary/aromatic N) is 2. The number of piperazine rings is 1. The first-order chi connectivity index (χ1) is 13.7. The number of carbonyl (C=O) groups excluding carboxylic acids is 2. The van der Waals surface area contributed by atoms with E-state index in [0.717, 1.165) is 23.5 Å². The van der Waals surface area contributed by atoms with Gasteiger partial charge in [0.15, 0.2) is 11.5 Å². The molecule has 1 aromatic rings. The summed E-state index contributed by atoms with van der Waals surface area (Å²) in [5.74, 6) is 3.02. The van der Waals surface area contributed by atoms with Gasteiger partial charge in [0.25, 0.3) is 0 Å². The molecule has 2 saturated carbocycles. The molecule has 2 atom stereocenters. The molecule has 0 N–H and O–H groups in total. The molecule has 5 rings (SSSR count). The molecule has 2 amide bonds. The Balaban J connectivity index is 1.12. The molecule has 6 nitrogen and oxygen atoms in total. The number of hydrogen-bond donors (Lipinski definition) is 0. The molecule has 2 heterocycles. The van der Waals surface area contributed by atoms with Crippen LogP contribution in [-0.4, -0.2) is 54.6 Å². The second-order valence-electron chi connectivity index (χ2n) is 8.62. The van der Waals surface area contributed by atoms with Gasteiger partial charge in [0.05, 0.1) is 0 Å². The first-order valence-electron chi connectivity index (χ1n) is 10.6. The topological polar surface area (TPSA) is 59.1 Å². The molecule has 1 aromatic carbocycles. The average Bonchev–Trinajstić information content (AvgIpc) is 3.11. The van der Waals surface area contributed by atoms with Gasteiger partial charge in [0, 0.05) is 38.5 Å². The van der Waals surface area contributed by atoms with Crippen molar-refractivity contribution in [1.29, 1.82) is 0 Å². The Morgan fingerprint density at radius 2 is 1.68 bits per heavy atom. The lowest BCUT2D eigenvalue weighted by atomic mass is 10.0. The first-order valence-corrected chi connectivity index (χ1v) is 10.6. The van der Waals surface area contributed by atoms with E-state index in [9.17, 15) is 9.59 Å². The Labute approximate surface area is 165 Å². The van der Waals surface area contributed by atoms with Crippen LogP contribution in [0.5, 0.6) is 11.5 Å². The summed E-state index contributed by atoms with van der Waals surface area (Å²) in [6.45, 7) is 2.96. The number of rotatable bonds is 4. The van der Waals surface area contributed by atoms with Crippen molar-refractivity contribution in [3.05, 3.63) is 23.8 Å². The summed E-state index contributed by atoms with van der Waals surface area (Å²) in [4.78, 5) is 29.3. The molecule has 0 radical (unpaired) electrons. The van der Waals surface area contributed by atoms with Gasteiger partial charge in [-0.25, -0.2) is 0 Å². The van der Waals surface area contributed by atoms with Crippen LogP contribution in [0.4, 0.5) is 0 Å². The Hall–Kier alpha value is -2.24. The molecule has 1 saturated heterocycles. The van der Waals surface area contributed by atoms with Crippen LogP contribution in [0.25, 0.3) is 0 Å². The van der Waals surface area contributed by atoms with Gasteiger partial charge in [-0.05, 0) is 48.8 Å². The Bertz CT molecular complexity index is 766. The van der Waals surface area contributed by atoms with Crippen LogP contribution < -0.4 is 9.47 Å². The third-order valence-electron chi connectivity index (χ3n) is 6.81. The SMILES string of the molecule is O=C(CC1CCCC1)N1CCN(C(=O)C2CC2c2ccc3c(c2)OCO3)CC1. The quantitative estimate of drug-likeness (QED) is 0.801. The zero-order valence-corrected chi connectivity index (χ0v) is 16.3. The number of amides is 2. The summed E-state index contributed by atoms with van der Waals surface area (Å²) in [5, 5.41) is 0. The fraction of sp³-hybridized carbons (Fsp3) is 0.636. The van der Waals surface area contributed by atoms with E-state index in [4.69, 9.17) is 9.47 Å². The van der Waals surface area contributed by atoms with E-state index in [-0.39, 0.29) is 30.4 Å². The van der Waals surface area contributed by atoms with E-state index in [1.54, 1.807) is 0 Å². The Morgan fingerprint density at radius 3 is 2.46 bits per heavy atom. The molecule has 3 fully saturated rings. The van der Waals surface area contributed by atoms with Crippen LogP contribution in [0.2, 0.25) is 0 Å².